The lowest BCUT2D eigenvalue weighted by Crippen LogP contribution is -1.94. The van der Waals surface area contributed by atoms with Crippen LogP contribution in [0, 0.1) is 6.92 Å². The molecular weight excluding hydrogens is 253 g/mol. The second-order valence-corrected chi connectivity index (χ2v) is 4.25. The van der Waals surface area contributed by atoms with E-state index in [9.17, 15) is 0 Å². The summed E-state index contributed by atoms with van der Waals surface area (Å²) in [6.45, 7) is 1.96. The lowest BCUT2D eigenvalue weighted by molar-refractivity contribution is 1.39. The molecule has 1 N–H and O–H groups in total. The van der Waals surface area contributed by atoms with Crippen LogP contribution in [0.1, 0.15) is 5.56 Å². The second-order valence-electron chi connectivity index (χ2n) is 2.96. The molecule has 1 aromatic heterocycles. The number of hydrogen-bond acceptors (Lipinski definition) is 4. The quantitative estimate of drug-likeness (QED) is 0.889. The third kappa shape index (κ3) is 2.22. The summed E-state index contributed by atoms with van der Waals surface area (Å²) >= 11 is 12.9. The van der Waals surface area contributed by atoms with Gasteiger partial charge < -0.3 is 5.32 Å². The number of anilines is 2. The summed E-state index contributed by atoms with van der Waals surface area (Å²) in [4.78, 5) is 0. The van der Waals surface area contributed by atoms with Gasteiger partial charge in [-0.25, -0.2) is 0 Å². The summed E-state index contributed by atoms with van der Waals surface area (Å²) < 4.78 is 7.88. The van der Waals surface area contributed by atoms with Gasteiger partial charge in [0.1, 0.15) is 0 Å². The fourth-order valence-electron chi connectivity index (χ4n) is 1.16. The van der Waals surface area contributed by atoms with Crippen LogP contribution in [0.25, 0.3) is 0 Å². The van der Waals surface area contributed by atoms with Gasteiger partial charge in [0, 0.05) is 0 Å². The molecule has 0 aliphatic carbocycles. The molecule has 3 nitrogen and oxygen atoms in total. The summed E-state index contributed by atoms with van der Waals surface area (Å²) in [5.41, 5.74) is 1.85. The van der Waals surface area contributed by atoms with Crippen LogP contribution < -0.4 is 5.32 Å². The molecule has 0 radical (unpaired) electrons. The molecule has 0 unspecified atom stereocenters. The predicted molar refractivity (Wildman–Crippen MR) is 64.4 cm³/mol. The van der Waals surface area contributed by atoms with E-state index in [4.69, 9.17) is 23.2 Å². The highest BCUT2D eigenvalue weighted by molar-refractivity contribution is 6.99. The maximum absolute atomic E-state index is 6.05. The Morgan fingerprint density at radius 2 is 2.07 bits per heavy atom. The molecule has 1 aromatic carbocycles. The SMILES string of the molecule is Cc1cccc(Cl)c1Nc1nsnc1Cl. The normalized spacial score (nSPS) is 10.3. The van der Waals surface area contributed by atoms with Crippen LogP contribution in [0.3, 0.4) is 0 Å². The first-order valence-electron chi connectivity index (χ1n) is 4.18. The fourth-order valence-corrected chi connectivity index (χ4v) is 2.07. The van der Waals surface area contributed by atoms with Gasteiger partial charge >= 0.3 is 0 Å². The monoisotopic (exact) mass is 259 g/mol. The number of halogens is 2. The lowest BCUT2D eigenvalue weighted by Gasteiger charge is -2.08. The Bertz CT molecular complexity index is 464. The van der Waals surface area contributed by atoms with Gasteiger partial charge in [0.25, 0.3) is 0 Å². The van der Waals surface area contributed by atoms with Gasteiger partial charge in [0.2, 0.25) is 0 Å². The van der Waals surface area contributed by atoms with Crippen LogP contribution in [-0.4, -0.2) is 8.75 Å². The van der Waals surface area contributed by atoms with Crippen LogP contribution in [-0.2, 0) is 0 Å². The second kappa shape index (κ2) is 4.35. The number of nitrogens with one attached hydrogen (secondary N) is 1. The van der Waals surface area contributed by atoms with Gasteiger partial charge in [-0.05, 0) is 18.6 Å². The van der Waals surface area contributed by atoms with Gasteiger partial charge in [-0.1, -0.05) is 35.3 Å². The molecule has 0 atom stereocenters. The number of rotatable bonds is 2. The minimum Gasteiger partial charge on any atom is -0.335 e. The highest BCUT2D eigenvalue weighted by Gasteiger charge is 2.09. The maximum Gasteiger partial charge on any atom is 0.187 e. The number of benzene rings is 1. The Kier molecular flexibility index (Phi) is 3.09. The molecule has 0 amide bonds. The number of nitrogens with zero attached hydrogens (tertiary/aromatic N) is 2. The minimum absolute atomic E-state index is 0.360. The van der Waals surface area contributed by atoms with E-state index in [2.05, 4.69) is 14.1 Å². The number of para-hydroxylation sites is 1. The fraction of sp³-hybridized carbons (Fsp3) is 0.111. The Labute approximate surface area is 101 Å². The topological polar surface area (TPSA) is 37.8 Å². The summed E-state index contributed by atoms with van der Waals surface area (Å²) in [5, 5.41) is 4.06. The maximum atomic E-state index is 6.05. The molecular formula is C9H7Cl2N3S. The average molecular weight is 260 g/mol. The highest BCUT2D eigenvalue weighted by atomic mass is 35.5. The first-order valence-corrected chi connectivity index (χ1v) is 5.67. The van der Waals surface area contributed by atoms with Crippen LogP contribution in [0.4, 0.5) is 11.5 Å². The summed E-state index contributed by atoms with van der Waals surface area (Å²) in [7, 11) is 0. The Morgan fingerprint density at radius 1 is 1.27 bits per heavy atom. The van der Waals surface area contributed by atoms with E-state index in [0.29, 0.717) is 16.0 Å². The number of hydrogen-bond donors (Lipinski definition) is 1. The minimum atomic E-state index is 0.360. The van der Waals surface area contributed by atoms with Crippen molar-refractivity contribution in [3.63, 3.8) is 0 Å². The van der Waals surface area contributed by atoms with Gasteiger partial charge in [-0.15, -0.1) is 0 Å². The molecule has 6 heteroatoms. The third-order valence-electron chi connectivity index (χ3n) is 1.91. The van der Waals surface area contributed by atoms with Crippen molar-refractivity contribution in [2.75, 3.05) is 5.32 Å². The zero-order valence-corrected chi connectivity index (χ0v) is 10.1. The predicted octanol–water partition coefficient (Wildman–Crippen LogP) is 3.90. The standard InChI is InChI=1S/C9H7Cl2N3S/c1-5-3-2-4-6(10)7(5)12-9-8(11)13-15-14-9/h2-4H,1H3,(H,12,14). The van der Waals surface area contributed by atoms with Crippen molar-refractivity contribution in [2.24, 2.45) is 0 Å². The van der Waals surface area contributed by atoms with E-state index in [1.165, 1.54) is 0 Å². The molecule has 0 spiro atoms. The van der Waals surface area contributed by atoms with Crippen molar-refractivity contribution in [2.45, 2.75) is 6.92 Å². The van der Waals surface area contributed by atoms with E-state index in [0.717, 1.165) is 23.0 Å². The first kappa shape index (κ1) is 10.7. The molecule has 0 bridgehead atoms. The molecule has 1 heterocycles. The summed E-state index contributed by atoms with van der Waals surface area (Å²) in [5.74, 6) is 0.540. The van der Waals surface area contributed by atoms with Crippen molar-refractivity contribution in [1.29, 1.82) is 0 Å². The Balaban J connectivity index is 2.36. The molecule has 2 rings (SSSR count). The number of aryl methyl sites for hydroxylation is 1. The molecule has 0 saturated carbocycles. The van der Waals surface area contributed by atoms with E-state index in [-0.39, 0.29) is 0 Å². The van der Waals surface area contributed by atoms with Gasteiger partial charge in [-0.3, -0.25) is 0 Å². The summed E-state index contributed by atoms with van der Waals surface area (Å²) in [6.07, 6.45) is 0. The van der Waals surface area contributed by atoms with Crippen molar-refractivity contribution >= 4 is 46.4 Å². The van der Waals surface area contributed by atoms with E-state index < -0.39 is 0 Å². The van der Waals surface area contributed by atoms with Gasteiger partial charge in [0.05, 0.1) is 22.4 Å². The van der Waals surface area contributed by atoms with Gasteiger partial charge in [0.15, 0.2) is 11.0 Å². The molecule has 78 valence electrons. The van der Waals surface area contributed by atoms with Gasteiger partial charge in [-0.2, -0.15) is 8.75 Å². The molecule has 15 heavy (non-hydrogen) atoms. The van der Waals surface area contributed by atoms with Crippen LogP contribution >= 0.6 is 34.9 Å². The zero-order chi connectivity index (χ0) is 10.8. The van der Waals surface area contributed by atoms with Crippen molar-refractivity contribution in [1.82, 2.24) is 8.75 Å². The van der Waals surface area contributed by atoms with Crippen LogP contribution in [0.5, 0.6) is 0 Å². The highest BCUT2D eigenvalue weighted by Crippen LogP contribution is 2.30. The van der Waals surface area contributed by atoms with Crippen molar-refractivity contribution in [3.05, 3.63) is 33.9 Å². The lowest BCUT2D eigenvalue weighted by atomic mass is 10.2. The average Bonchev–Trinajstić information content (AvgIpc) is 2.58. The Morgan fingerprint density at radius 3 is 2.67 bits per heavy atom. The van der Waals surface area contributed by atoms with Crippen LogP contribution in [0.2, 0.25) is 10.2 Å². The smallest absolute Gasteiger partial charge is 0.187 e. The molecule has 0 fully saturated rings. The largest absolute Gasteiger partial charge is 0.335 e. The molecule has 0 aliphatic rings. The third-order valence-corrected chi connectivity index (χ3v) is 3.12. The Hall–Kier alpha value is -0.840. The van der Waals surface area contributed by atoms with E-state index >= 15 is 0 Å². The molecule has 0 saturated heterocycles. The number of aromatic nitrogens is 2. The summed E-state index contributed by atoms with van der Waals surface area (Å²) in [6, 6.07) is 5.66. The van der Waals surface area contributed by atoms with Crippen molar-refractivity contribution in [3.8, 4) is 0 Å². The molecule has 0 aliphatic heterocycles. The zero-order valence-electron chi connectivity index (χ0n) is 7.79. The first-order chi connectivity index (χ1) is 7.18. The van der Waals surface area contributed by atoms with E-state index in [1.807, 2.05) is 25.1 Å². The molecule has 2 aromatic rings. The van der Waals surface area contributed by atoms with Crippen LogP contribution in [0.15, 0.2) is 18.2 Å². The van der Waals surface area contributed by atoms with Crippen molar-refractivity contribution < 1.29 is 0 Å². The van der Waals surface area contributed by atoms with E-state index in [1.54, 1.807) is 0 Å².